The zero-order valence-electron chi connectivity index (χ0n) is 15.8. The molecule has 26 heavy (non-hydrogen) atoms. The van der Waals surface area contributed by atoms with Crippen molar-refractivity contribution < 1.29 is 27.9 Å². The summed E-state index contributed by atoms with van der Waals surface area (Å²) in [6, 6.07) is 0. The number of carbonyl (C=O) groups is 2. The molecule has 0 aromatic rings. The molecule has 1 amide bonds. The summed E-state index contributed by atoms with van der Waals surface area (Å²) in [6.45, 7) is 7.68. The lowest BCUT2D eigenvalue weighted by atomic mass is 9.99. The molecule has 0 aromatic heterocycles. The van der Waals surface area contributed by atoms with Gasteiger partial charge in [-0.2, -0.15) is 17.0 Å². The van der Waals surface area contributed by atoms with Gasteiger partial charge in [-0.3, -0.25) is 0 Å². The third kappa shape index (κ3) is 4.66. The van der Waals surface area contributed by atoms with Crippen LogP contribution in [0.5, 0.6) is 0 Å². The van der Waals surface area contributed by atoms with Gasteiger partial charge < -0.3 is 15.2 Å². The molecule has 2 saturated heterocycles. The number of hydrogen-bond acceptors (Lipinski definition) is 5. The predicted molar refractivity (Wildman–Crippen MR) is 94.8 cm³/mol. The highest BCUT2D eigenvalue weighted by atomic mass is 32.2. The second-order valence-corrected chi connectivity index (χ2v) is 10.1. The number of ether oxygens (including phenoxy) is 1. The molecule has 2 aliphatic heterocycles. The molecule has 150 valence electrons. The Hall–Kier alpha value is -1.39. The van der Waals surface area contributed by atoms with Crippen LogP contribution in [0.25, 0.3) is 0 Å². The van der Waals surface area contributed by atoms with Crippen LogP contribution in [0.1, 0.15) is 47.0 Å². The number of aliphatic carboxylic acids is 1. The Labute approximate surface area is 154 Å². The van der Waals surface area contributed by atoms with Crippen molar-refractivity contribution in [1.29, 1.82) is 0 Å². The summed E-state index contributed by atoms with van der Waals surface area (Å²) in [5.41, 5.74) is -2.46. The van der Waals surface area contributed by atoms with Gasteiger partial charge in [0.05, 0.1) is 0 Å². The Morgan fingerprint density at radius 1 is 1.15 bits per heavy atom. The monoisotopic (exact) mass is 391 g/mol. The average Bonchev–Trinajstić information content (AvgIpc) is 2.92. The van der Waals surface area contributed by atoms with Gasteiger partial charge in [-0.25, -0.2) is 9.59 Å². The second kappa shape index (κ2) is 7.32. The van der Waals surface area contributed by atoms with Gasteiger partial charge in [0.15, 0.2) is 5.54 Å². The largest absolute Gasteiger partial charge is 0.479 e. The summed E-state index contributed by atoms with van der Waals surface area (Å²) in [7, 11) is -3.75. The van der Waals surface area contributed by atoms with E-state index < -0.39 is 33.4 Å². The molecule has 0 aliphatic carbocycles. The second-order valence-electron chi connectivity index (χ2n) is 8.19. The first-order chi connectivity index (χ1) is 11.9. The maximum atomic E-state index is 12.8. The van der Waals surface area contributed by atoms with Crippen LogP contribution in [0.2, 0.25) is 0 Å². The Kier molecular flexibility index (Phi) is 5.89. The van der Waals surface area contributed by atoms with Gasteiger partial charge in [0.25, 0.3) is 10.2 Å². The summed E-state index contributed by atoms with van der Waals surface area (Å²) in [6.07, 6.45) is 0.692. The summed E-state index contributed by atoms with van der Waals surface area (Å²) >= 11 is 0. The van der Waals surface area contributed by atoms with Gasteiger partial charge in [0.2, 0.25) is 0 Å². The van der Waals surface area contributed by atoms with Crippen LogP contribution in [0, 0.1) is 5.92 Å². The number of nitrogens with one attached hydrogen (secondary N) is 1. The minimum atomic E-state index is -3.75. The third-order valence-corrected chi connectivity index (χ3v) is 6.76. The fourth-order valence-corrected chi connectivity index (χ4v) is 4.88. The van der Waals surface area contributed by atoms with E-state index in [1.807, 2.05) is 0 Å². The normalized spacial score (nSPS) is 26.6. The van der Waals surface area contributed by atoms with E-state index in [0.717, 1.165) is 17.1 Å². The number of rotatable bonds is 4. The van der Waals surface area contributed by atoms with Crippen LogP contribution in [0.4, 0.5) is 4.79 Å². The number of piperidine rings is 1. The van der Waals surface area contributed by atoms with E-state index in [9.17, 15) is 23.1 Å². The molecule has 2 fully saturated rings. The van der Waals surface area contributed by atoms with Crippen molar-refractivity contribution in [2.75, 3.05) is 26.2 Å². The minimum Gasteiger partial charge on any atom is -0.479 e. The van der Waals surface area contributed by atoms with Crippen molar-refractivity contribution in [3.8, 4) is 0 Å². The van der Waals surface area contributed by atoms with Crippen molar-refractivity contribution in [2.45, 2.75) is 58.1 Å². The molecule has 2 N–H and O–H groups in total. The lowest BCUT2D eigenvalue weighted by molar-refractivity contribution is -0.144. The van der Waals surface area contributed by atoms with Crippen molar-refractivity contribution in [2.24, 2.45) is 5.92 Å². The van der Waals surface area contributed by atoms with Crippen LogP contribution in [0.15, 0.2) is 0 Å². The van der Waals surface area contributed by atoms with Crippen molar-refractivity contribution in [3.05, 3.63) is 0 Å². The van der Waals surface area contributed by atoms with Crippen molar-refractivity contribution >= 4 is 22.3 Å². The molecule has 9 nitrogen and oxygen atoms in total. The van der Waals surface area contributed by atoms with Gasteiger partial charge in [0.1, 0.15) is 5.60 Å². The Morgan fingerprint density at radius 3 is 2.23 bits per heavy atom. The number of amides is 1. The number of carboxylic acid groups (broad SMARTS) is 1. The van der Waals surface area contributed by atoms with E-state index in [1.165, 1.54) is 4.31 Å². The lowest BCUT2D eigenvalue weighted by Gasteiger charge is -2.33. The first-order valence-electron chi connectivity index (χ1n) is 8.85. The van der Waals surface area contributed by atoms with E-state index in [0.29, 0.717) is 19.0 Å². The average molecular weight is 391 g/mol. The topological polar surface area (TPSA) is 116 Å². The molecule has 0 aromatic carbocycles. The molecule has 0 bridgehead atoms. The quantitative estimate of drug-likeness (QED) is 0.739. The van der Waals surface area contributed by atoms with Crippen molar-refractivity contribution in [1.82, 2.24) is 13.9 Å². The summed E-state index contributed by atoms with van der Waals surface area (Å²) in [4.78, 5) is 23.9. The maximum absolute atomic E-state index is 12.8. The highest BCUT2D eigenvalue weighted by molar-refractivity contribution is 7.86. The molecule has 0 saturated carbocycles. The van der Waals surface area contributed by atoms with Crippen molar-refractivity contribution in [3.63, 3.8) is 0 Å². The zero-order chi connectivity index (χ0) is 19.8. The SMILES string of the molecule is CC1CCN(S(=O)(=O)N2CCC(NC(=O)OC(C)(C)C)(C(=O)O)C2)CC1. The van der Waals surface area contributed by atoms with E-state index in [1.54, 1.807) is 20.8 Å². The zero-order valence-corrected chi connectivity index (χ0v) is 16.6. The van der Waals surface area contributed by atoms with E-state index >= 15 is 0 Å². The highest BCUT2D eigenvalue weighted by Gasteiger charge is 2.51. The number of nitrogens with zero attached hydrogens (tertiary/aromatic N) is 2. The molecule has 0 radical (unpaired) electrons. The minimum absolute atomic E-state index is 0.00888. The molecular weight excluding hydrogens is 362 g/mol. The maximum Gasteiger partial charge on any atom is 0.408 e. The van der Waals surface area contributed by atoms with Gasteiger partial charge in [-0.15, -0.1) is 0 Å². The van der Waals surface area contributed by atoms with Gasteiger partial charge in [-0.1, -0.05) is 6.92 Å². The molecule has 2 aliphatic rings. The lowest BCUT2D eigenvalue weighted by Crippen LogP contribution is -2.58. The highest BCUT2D eigenvalue weighted by Crippen LogP contribution is 2.28. The van der Waals surface area contributed by atoms with Gasteiger partial charge >= 0.3 is 12.1 Å². The molecule has 1 unspecified atom stereocenters. The number of alkyl carbamates (subject to hydrolysis) is 1. The molecule has 2 heterocycles. The van der Waals surface area contributed by atoms with Crippen LogP contribution < -0.4 is 5.32 Å². The number of carboxylic acids is 1. The molecule has 2 rings (SSSR count). The van der Waals surface area contributed by atoms with Gasteiger partial charge in [0, 0.05) is 26.2 Å². The smallest absolute Gasteiger partial charge is 0.408 e. The Morgan fingerprint density at radius 2 is 1.73 bits per heavy atom. The van der Waals surface area contributed by atoms with Gasteiger partial charge in [-0.05, 0) is 46.0 Å². The Bertz CT molecular complexity index is 651. The first kappa shape index (κ1) is 20.9. The van der Waals surface area contributed by atoms with Crippen LogP contribution in [-0.4, -0.2) is 71.5 Å². The third-order valence-electron chi connectivity index (χ3n) is 4.78. The number of hydrogen-bond donors (Lipinski definition) is 2. The van der Waals surface area contributed by atoms with Crippen LogP contribution in [-0.2, 0) is 19.7 Å². The molecule has 0 spiro atoms. The fraction of sp³-hybridized carbons (Fsp3) is 0.875. The van der Waals surface area contributed by atoms with Crippen LogP contribution in [0.3, 0.4) is 0 Å². The standard InChI is InChI=1S/C16H29N3O6S/c1-12-5-8-18(9-6-12)26(23,24)19-10-7-16(11-19,13(20)21)17-14(22)25-15(2,3)4/h12H,5-11H2,1-4H3,(H,17,22)(H,20,21). The number of carbonyl (C=O) groups excluding carboxylic acids is 1. The van der Waals surface area contributed by atoms with Crippen LogP contribution >= 0.6 is 0 Å². The molecule has 10 heteroatoms. The Balaban J connectivity index is 2.11. The molecule has 1 atom stereocenters. The van der Waals surface area contributed by atoms with E-state index in [-0.39, 0.29) is 19.5 Å². The molecular formula is C16H29N3O6S. The fourth-order valence-electron chi connectivity index (χ4n) is 3.18. The summed E-state index contributed by atoms with van der Waals surface area (Å²) in [5, 5.41) is 12.0. The van der Waals surface area contributed by atoms with E-state index in [4.69, 9.17) is 4.74 Å². The predicted octanol–water partition coefficient (Wildman–Crippen LogP) is 1.02. The first-order valence-corrected chi connectivity index (χ1v) is 10.3. The van der Waals surface area contributed by atoms with E-state index in [2.05, 4.69) is 12.2 Å². The summed E-state index contributed by atoms with van der Waals surface area (Å²) < 4.78 is 33.3. The summed E-state index contributed by atoms with van der Waals surface area (Å²) in [5.74, 6) is -0.791.